The summed E-state index contributed by atoms with van der Waals surface area (Å²) in [4.78, 5) is 13.9. The quantitative estimate of drug-likeness (QED) is 0.862. The number of β-amino-alcohol motifs (C(OH)–C–C–N with tert-alkyl or cyclic N) is 1. The van der Waals surface area contributed by atoms with Crippen molar-refractivity contribution in [2.75, 3.05) is 13.1 Å². The number of benzene rings is 1. The summed E-state index contributed by atoms with van der Waals surface area (Å²) in [5.41, 5.74) is 0.621. The Balaban J connectivity index is 1.67. The van der Waals surface area contributed by atoms with E-state index in [1.54, 1.807) is 23.1 Å². The molecule has 0 bridgehead atoms. The lowest BCUT2D eigenvalue weighted by molar-refractivity contribution is -0.126. The van der Waals surface area contributed by atoms with Gasteiger partial charge in [-0.05, 0) is 42.9 Å². The van der Waals surface area contributed by atoms with Gasteiger partial charge in [-0.3, -0.25) is 4.79 Å². The second-order valence-electron chi connectivity index (χ2n) is 5.92. The minimum Gasteiger partial charge on any atom is -0.388 e. The highest BCUT2D eigenvalue weighted by Gasteiger charge is 2.48. The van der Waals surface area contributed by atoms with Crippen molar-refractivity contribution in [3.05, 3.63) is 41.5 Å². The number of amides is 1. The Bertz CT molecular complexity index is 628. The lowest BCUT2D eigenvalue weighted by atomic mass is 9.97. The maximum atomic E-state index is 12.2. The molecule has 1 aromatic rings. The van der Waals surface area contributed by atoms with E-state index < -0.39 is 5.60 Å². The SMILES string of the molecule is N#Cc1ccccc1/C=C/C(=O)N1CCC(O)(C2CC2)C1. The molecule has 1 amide bonds. The summed E-state index contributed by atoms with van der Waals surface area (Å²) >= 11 is 0. The molecule has 1 saturated carbocycles. The molecule has 1 heterocycles. The number of carbonyl (C=O) groups is 1. The van der Waals surface area contributed by atoms with E-state index in [1.807, 2.05) is 12.1 Å². The van der Waals surface area contributed by atoms with E-state index >= 15 is 0 Å². The standard InChI is InChI=1S/C17H18N2O2/c18-11-14-4-2-1-3-13(14)5-8-16(20)19-10-9-17(21,12-19)15-6-7-15/h1-5,8,15,21H,6-7,9-10,12H2/b8-5+. The highest BCUT2D eigenvalue weighted by Crippen LogP contribution is 2.44. The highest BCUT2D eigenvalue weighted by atomic mass is 16.3. The fraction of sp³-hybridized carbons (Fsp3) is 0.412. The Kier molecular flexibility index (Phi) is 3.52. The molecule has 21 heavy (non-hydrogen) atoms. The molecule has 1 aromatic carbocycles. The van der Waals surface area contributed by atoms with E-state index in [4.69, 9.17) is 5.26 Å². The number of likely N-dealkylation sites (tertiary alicyclic amines) is 1. The second kappa shape index (κ2) is 5.34. The van der Waals surface area contributed by atoms with Crippen molar-refractivity contribution in [2.24, 2.45) is 5.92 Å². The van der Waals surface area contributed by atoms with Crippen LogP contribution in [0.15, 0.2) is 30.3 Å². The first-order chi connectivity index (χ1) is 10.1. The average Bonchev–Trinajstić information content (AvgIpc) is 3.29. The fourth-order valence-corrected chi connectivity index (χ4v) is 2.97. The zero-order valence-electron chi connectivity index (χ0n) is 11.8. The zero-order chi connectivity index (χ0) is 14.9. The smallest absolute Gasteiger partial charge is 0.246 e. The first-order valence-corrected chi connectivity index (χ1v) is 7.31. The van der Waals surface area contributed by atoms with Crippen LogP contribution in [-0.4, -0.2) is 34.6 Å². The summed E-state index contributed by atoms with van der Waals surface area (Å²) < 4.78 is 0. The van der Waals surface area contributed by atoms with E-state index in [0.717, 1.165) is 18.4 Å². The van der Waals surface area contributed by atoms with Gasteiger partial charge >= 0.3 is 0 Å². The summed E-state index contributed by atoms with van der Waals surface area (Å²) in [6, 6.07) is 9.29. The van der Waals surface area contributed by atoms with E-state index in [0.29, 0.717) is 31.0 Å². The van der Waals surface area contributed by atoms with Gasteiger partial charge in [0.25, 0.3) is 0 Å². The number of nitriles is 1. The summed E-state index contributed by atoms with van der Waals surface area (Å²) in [7, 11) is 0. The Morgan fingerprint density at radius 1 is 1.43 bits per heavy atom. The van der Waals surface area contributed by atoms with Crippen molar-refractivity contribution in [2.45, 2.75) is 24.9 Å². The first kappa shape index (κ1) is 13.8. The maximum Gasteiger partial charge on any atom is 0.246 e. The van der Waals surface area contributed by atoms with Crippen molar-refractivity contribution in [1.29, 1.82) is 5.26 Å². The molecule has 1 aliphatic carbocycles. The molecule has 2 fully saturated rings. The predicted molar refractivity (Wildman–Crippen MR) is 79.1 cm³/mol. The summed E-state index contributed by atoms with van der Waals surface area (Å²) in [5.74, 6) is 0.276. The molecule has 1 saturated heterocycles. The van der Waals surface area contributed by atoms with Gasteiger partial charge in [0.2, 0.25) is 5.91 Å². The molecule has 108 valence electrons. The predicted octanol–water partition coefficient (Wildman–Crippen LogP) is 1.94. The van der Waals surface area contributed by atoms with Gasteiger partial charge in [0.15, 0.2) is 0 Å². The molecule has 1 unspecified atom stereocenters. The third-order valence-corrected chi connectivity index (χ3v) is 4.41. The van der Waals surface area contributed by atoms with Crippen LogP contribution in [0.3, 0.4) is 0 Å². The lowest BCUT2D eigenvalue weighted by Gasteiger charge is -2.22. The van der Waals surface area contributed by atoms with Gasteiger partial charge in [-0.2, -0.15) is 5.26 Å². The summed E-state index contributed by atoms with van der Waals surface area (Å²) in [5, 5.41) is 19.5. The van der Waals surface area contributed by atoms with Crippen LogP contribution in [0, 0.1) is 17.2 Å². The third kappa shape index (κ3) is 2.84. The third-order valence-electron chi connectivity index (χ3n) is 4.41. The van der Waals surface area contributed by atoms with Crippen LogP contribution in [-0.2, 0) is 4.79 Å². The lowest BCUT2D eigenvalue weighted by Crippen LogP contribution is -2.37. The number of aliphatic hydroxyl groups is 1. The molecule has 2 aliphatic rings. The van der Waals surface area contributed by atoms with Crippen LogP contribution in [0.4, 0.5) is 0 Å². The van der Waals surface area contributed by atoms with Gasteiger partial charge in [0, 0.05) is 12.6 Å². The van der Waals surface area contributed by atoms with Crippen LogP contribution in [0.2, 0.25) is 0 Å². The number of carbonyl (C=O) groups excluding carboxylic acids is 1. The zero-order valence-corrected chi connectivity index (χ0v) is 11.8. The number of hydrogen-bond donors (Lipinski definition) is 1. The Labute approximate surface area is 124 Å². The summed E-state index contributed by atoms with van der Waals surface area (Å²) in [6.45, 7) is 1.04. The number of rotatable bonds is 3. The molecule has 0 radical (unpaired) electrons. The Hall–Kier alpha value is -2.12. The van der Waals surface area contributed by atoms with Crippen molar-refractivity contribution >= 4 is 12.0 Å². The number of hydrogen-bond acceptors (Lipinski definition) is 3. The minimum atomic E-state index is -0.673. The van der Waals surface area contributed by atoms with Crippen molar-refractivity contribution in [3.63, 3.8) is 0 Å². The van der Waals surface area contributed by atoms with Gasteiger partial charge in [-0.15, -0.1) is 0 Å². The Morgan fingerprint density at radius 2 is 2.19 bits per heavy atom. The van der Waals surface area contributed by atoms with Gasteiger partial charge in [-0.25, -0.2) is 0 Å². The first-order valence-electron chi connectivity index (χ1n) is 7.31. The van der Waals surface area contributed by atoms with Crippen molar-refractivity contribution in [1.82, 2.24) is 4.90 Å². The Morgan fingerprint density at radius 3 is 2.90 bits per heavy atom. The molecule has 3 rings (SSSR count). The molecule has 1 atom stereocenters. The molecule has 0 aromatic heterocycles. The van der Waals surface area contributed by atoms with Crippen LogP contribution in [0.25, 0.3) is 6.08 Å². The summed E-state index contributed by atoms with van der Waals surface area (Å²) in [6.07, 6.45) is 5.99. The fourth-order valence-electron chi connectivity index (χ4n) is 2.97. The molecule has 0 spiro atoms. The van der Waals surface area contributed by atoms with Gasteiger partial charge in [0.1, 0.15) is 0 Å². The van der Waals surface area contributed by atoms with E-state index in [-0.39, 0.29) is 5.91 Å². The highest BCUT2D eigenvalue weighted by molar-refractivity contribution is 5.92. The topological polar surface area (TPSA) is 64.3 Å². The molecular weight excluding hydrogens is 264 g/mol. The molecular formula is C17H18N2O2. The molecule has 1 N–H and O–H groups in total. The maximum absolute atomic E-state index is 12.2. The van der Waals surface area contributed by atoms with Gasteiger partial charge in [-0.1, -0.05) is 18.2 Å². The second-order valence-corrected chi connectivity index (χ2v) is 5.92. The van der Waals surface area contributed by atoms with Crippen molar-refractivity contribution < 1.29 is 9.90 Å². The molecule has 4 heteroatoms. The largest absolute Gasteiger partial charge is 0.388 e. The van der Waals surface area contributed by atoms with Crippen LogP contribution < -0.4 is 0 Å². The minimum absolute atomic E-state index is 0.0979. The van der Waals surface area contributed by atoms with Gasteiger partial charge < -0.3 is 10.0 Å². The molecule has 1 aliphatic heterocycles. The number of nitrogens with zero attached hydrogens (tertiary/aromatic N) is 2. The normalized spacial score (nSPS) is 25.2. The van der Waals surface area contributed by atoms with Gasteiger partial charge in [0.05, 0.1) is 23.8 Å². The van der Waals surface area contributed by atoms with E-state index in [1.165, 1.54) is 6.08 Å². The van der Waals surface area contributed by atoms with Crippen molar-refractivity contribution in [3.8, 4) is 6.07 Å². The van der Waals surface area contributed by atoms with Crippen LogP contribution in [0.5, 0.6) is 0 Å². The average molecular weight is 282 g/mol. The van der Waals surface area contributed by atoms with E-state index in [9.17, 15) is 9.90 Å². The van der Waals surface area contributed by atoms with Crippen LogP contribution in [0.1, 0.15) is 30.4 Å². The van der Waals surface area contributed by atoms with Crippen LogP contribution >= 0.6 is 0 Å². The van der Waals surface area contributed by atoms with E-state index in [2.05, 4.69) is 6.07 Å². The monoisotopic (exact) mass is 282 g/mol. The molecule has 4 nitrogen and oxygen atoms in total.